The molecule has 2 heteroatoms. The summed E-state index contributed by atoms with van der Waals surface area (Å²) in [7, 11) is 0. The molecule has 120 valence electrons. The van der Waals surface area contributed by atoms with Crippen LogP contribution in [-0.4, -0.2) is 11.9 Å². The maximum atomic E-state index is 12.7. The van der Waals surface area contributed by atoms with Crippen molar-refractivity contribution in [2.45, 2.75) is 73.3 Å². The van der Waals surface area contributed by atoms with Gasteiger partial charge in [0.15, 0.2) is 0 Å². The van der Waals surface area contributed by atoms with E-state index in [4.69, 9.17) is 0 Å². The van der Waals surface area contributed by atoms with E-state index in [0.29, 0.717) is 29.7 Å². The van der Waals surface area contributed by atoms with Crippen molar-refractivity contribution in [3.63, 3.8) is 0 Å². The van der Waals surface area contributed by atoms with Gasteiger partial charge in [0.05, 0.1) is 5.92 Å². The van der Waals surface area contributed by atoms with Crippen molar-refractivity contribution in [2.24, 2.45) is 29.1 Å². The van der Waals surface area contributed by atoms with Crippen LogP contribution < -0.4 is 5.32 Å². The fourth-order valence-corrected chi connectivity index (χ4v) is 4.26. The van der Waals surface area contributed by atoms with Gasteiger partial charge in [0.1, 0.15) is 0 Å². The number of hydrogen-bond donors (Lipinski definition) is 1. The van der Waals surface area contributed by atoms with Crippen LogP contribution in [0.4, 0.5) is 0 Å². The van der Waals surface area contributed by atoms with E-state index < -0.39 is 0 Å². The van der Waals surface area contributed by atoms with Gasteiger partial charge in [0.25, 0.3) is 0 Å². The van der Waals surface area contributed by atoms with E-state index in [1.54, 1.807) is 0 Å². The van der Waals surface area contributed by atoms with Gasteiger partial charge in [-0.3, -0.25) is 4.79 Å². The third-order valence-electron chi connectivity index (χ3n) is 5.71. The van der Waals surface area contributed by atoms with Crippen molar-refractivity contribution >= 4 is 5.91 Å². The third kappa shape index (κ3) is 3.52. The molecule has 2 aliphatic rings. The number of rotatable bonds is 4. The molecule has 2 fully saturated rings. The summed E-state index contributed by atoms with van der Waals surface area (Å²) in [5, 5.41) is 3.40. The summed E-state index contributed by atoms with van der Waals surface area (Å²) in [5.41, 5.74) is 1.45. The Bertz CT molecular complexity index is 417. The Balaban J connectivity index is 2.00. The van der Waals surface area contributed by atoms with Crippen molar-refractivity contribution in [1.82, 2.24) is 5.32 Å². The van der Waals surface area contributed by atoms with Gasteiger partial charge < -0.3 is 5.32 Å². The number of amides is 1. The van der Waals surface area contributed by atoms with E-state index in [-0.39, 0.29) is 11.3 Å². The van der Waals surface area contributed by atoms with Gasteiger partial charge in [-0.2, -0.15) is 0 Å². The summed E-state index contributed by atoms with van der Waals surface area (Å²) in [6, 6.07) is 0.398. The van der Waals surface area contributed by atoms with Gasteiger partial charge in [-0.1, -0.05) is 52.2 Å². The van der Waals surface area contributed by atoms with Crippen LogP contribution in [-0.2, 0) is 4.79 Å². The normalized spacial score (nSPS) is 34.4. The first-order chi connectivity index (χ1) is 9.75. The Kier molecular flexibility index (Phi) is 4.85. The fourth-order valence-electron chi connectivity index (χ4n) is 4.26. The van der Waals surface area contributed by atoms with E-state index in [9.17, 15) is 4.79 Å². The molecule has 4 atom stereocenters. The van der Waals surface area contributed by atoms with Crippen LogP contribution in [0.5, 0.6) is 0 Å². The summed E-state index contributed by atoms with van der Waals surface area (Å²) in [6.07, 6.45) is 7.30. The first-order valence-electron chi connectivity index (χ1n) is 8.70. The molecule has 2 saturated carbocycles. The molecule has 1 N–H and O–H groups in total. The molecule has 0 spiro atoms. The van der Waals surface area contributed by atoms with Crippen molar-refractivity contribution in [3.05, 3.63) is 11.6 Å². The molecule has 2 rings (SSSR count). The zero-order valence-corrected chi connectivity index (χ0v) is 14.7. The van der Waals surface area contributed by atoms with Crippen LogP contribution >= 0.6 is 0 Å². The van der Waals surface area contributed by atoms with E-state index in [1.165, 1.54) is 24.8 Å². The lowest BCUT2D eigenvalue weighted by Crippen LogP contribution is -2.45. The second-order valence-electron chi connectivity index (χ2n) is 8.38. The highest BCUT2D eigenvalue weighted by molar-refractivity contribution is 5.84. The van der Waals surface area contributed by atoms with Crippen molar-refractivity contribution in [1.29, 1.82) is 0 Å². The van der Waals surface area contributed by atoms with Crippen LogP contribution in [0.25, 0.3) is 0 Å². The SMILES string of the molecule is CC(C)=C[C@@H]1[C@@H](C(=O)N[C@@H]2CCCC[C@@H]2C(C)C)C1(C)C. The van der Waals surface area contributed by atoms with Gasteiger partial charge in [-0.15, -0.1) is 0 Å². The molecule has 0 aromatic heterocycles. The van der Waals surface area contributed by atoms with Crippen LogP contribution in [0.3, 0.4) is 0 Å². The summed E-state index contributed by atoms with van der Waals surface area (Å²) in [4.78, 5) is 12.7. The van der Waals surface area contributed by atoms with Crippen molar-refractivity contribution < 1.29 is 4.79 Å². The topological polar surface area (TPSA) is 29.1 Å². The smallest absolute Gasteiger partial charge is 0.224 e. The number of nitrogens with one attached hydrogen (secondary N) is 1. The standard InChI is InChI=1S/C19H33NO/c1-12(2)11-15-17(19(15,5)6)18(21)20-16-10-8-7-9-14(16)13(3)4/h11,13-17H,7-10H2,1-6H3,(H,20,21)/t14-,15-,16-,17+/m1/s1. The quantitative estimate of drug-likeness (QED) is 0.756. The Labute approximate surface area is 130 Å². The molecule has 0 aromatic rings. The molecule has 2 nitrogen and oxygen atoms in total. The summed E-state index contributed by atoms with van der Waals surface area (Å²) in [5.74, 6) is 2.20. The molecular formula is C19H33NO. The predicted octanol–water partition coefficient (Wildman–Crippen LogP) is 4.56. The average Bonchev–Trinajstić information content (AvgIpc) is 2.90. The fraction of sp³-hybridized carbons (Fsp3) is 0.842. The van der Waals surface area contributed by atoms with Crippen LogP contribution in [0.15, 0.2) is 11.6 Å². The minimum atomic E-state index is 0.128. The van der Waals surface area contributed by atoms with Crippen molar-refractivity contribution in [2.75, 3.05) is 0 Å². The molecule has 0 aromatic carbocycles. The van der Waals surface area contributed by atoms with Crippen LogP contribution in [0.1, 0.15) is 67.2 Å². The largest absolute Gasteiger partial charge is 0.353 e. The molecule has 0 bridgehead atoms. The highest BCUT2D eigenvalue weighted by Crippen LogP contribution is 2.59. The molecular weight excluding hydrogens is 258 g/mol. The monoisotopic (exact) mass is 291 g/mol. The first-order valence-corrected chi connectivity index (χ1v) is 8.70. The summed E-state index contributed by atoms with van der Waals surface area (Å²) >= 11 is 0. The molecule has 0 aliphatic heterocycles. The number of carbonyl (C=O) groups excluding carboxylic acids is 1. The van der Waals surface area contributed by atoms with E-state index in [2.05, 4.69) is 52.9 Å². The number of allylic oxidation sites excluding steroid dienone is 2. The Morgan fingerprint density at radius 1 is 1.19 bits per heavy atom. The lowest BCUT2D eigenvalue weighted by molar-refractivity contribution is -0.124. The molecule has 21 heavy (non-hydrogen) atoms. The number of carbonyl (C=O) groups is 1. The number of hydrogen-bond acceptors (Lipinski definition) is 1. The maximum absolute atomic E-state index is 12.7. The van der Waals surface area contributed by atoms with Gasteiger partial charge in [-0.25, -0.2) is 0 Å². The van der Waals surface area contributed by atoms with Gasteiger partial charge in [0, 0.05) is 6.04 Å². The lowest BCUT2D eigenvalue weighted by atomic mass is 9.78. The van der Waals surface area contributed by atoms with Crippen LogP contribution in [0, 0.1) is 29.1 Å². The molecule has 2 aliphatic carbocycles. The molecule has 0 radical (unpaired) electrons. The van der Waals surface area contributed by atoms with Gasteiger partial charge in [0.2, 0.25) is 5.91 Å². The second kappa shape index (κ2) is 6.14. The summed E-state index contributed by atoms with van der Waals surface area (Å²) < 4.78 is 0. The Morgan fingerprint density at radius 3 is 2.38 bits per heavy atom. The highest BCUT2D eigenvalue weighted by Gasteiger charge is 2.60. The third-order valence-corrected chi connectivity index (χ3v) is 5.71. The van der Waals surface area contributed by atoms with Gasteiger partial charge in [-0.05, 0) is 49.9 Å². The van der Waals surface area contributed by atoms with E-state index in [0.717, 1.165) is 6.42 Å². The predicted molar refractivity (Wildman–Crippen MR) is 88.9 cm³/mol. The van der Waals surface area contributed by atoms with Crippen molar-refractivity contribution in [3.8, 4) is 0 Å². The minimum Gasteiger partial charge on any atom is -0.353 e. The molecule has 0 saturated heterocycles. The molecule has 0 unspecified atom stereocenters. The zero-order chi connectivity index (χ0) is 15.8. The molecule has 1 amide bonds. The average molecular weight is 291 g/mol. The van der Waals surface area contributed by atoms with E-state index in [1.807, 2.05) is 0 Å². The van der Waals surface area contributed by atoms with E-state index >= 15 is 0 Å². The summed E-state index contributed by atoms with van der Waals surface area (Å²) in [6.45, 7) is 13.3. The maximum Gasteiger partial charge on any atom is 0.224 e. The second-order valence-corrected chi connectivity index (χ2v) is 8.38. The Hall–Kier alpha value is -0.790. The highest BCUT2D eigenvalue weighted by atomic mass is 16.2. The Morgan fingerprint density at radius 2 is 1.81 bits per heavy atom. The zero-order valence-electron chi connectivity index (χ0n) is 14.7. The molecule has 0 heterocycles. The first kappa shape index (κ1) is 16.6. The minimum absolute atomic E-state index is 0.128. The van der Waals surface area contributed by atoms with Gasteiger partial charge >= 0.3 is 0 Å². The lowest BCUT2D eigenvalue weighted by Gasteiger charge is -2.35. The van der Waals surface area contributed by atoms with Crippen LogP contribution in [0.2, 0.25) is 0 Å².